The Bertz CT molecular complexity index is 529. The van der Waals surface area contributed by atoms with Gasteiger partial charge in [-0.25, -0.2) is 14.1 Å². The van der Waals surface area contributed by atoms with Crippen LogP contribution in [0.3, 0.4) is 0 Å². The third-order valence-electron chi connectivity index (χ3n) is 2.82. The molecule has 0 saturated carbocycles. The van der Waals surface area contributed by atoms with E-state index in [2.05, 4.69) is 36.2 Å². The molecule has 1 aromatic heterocycles. The summed E-state index contributed by atoms with van der Waals surface area (Å²) in [7, 11) is 0. The molecule has 0 saturated heterocycles. The fourth-order valence-corrected chi connectivity index (χ4v) is 1.72. The van der Waals surface area contributed by atoms with Gasteiger partial charge in [-0.3, -0.25) is 0 Å². The lowest BCUT2D eigenvalue weighted by Gasteiger charge is -2.18. The zero-order chi connectivity index (χ0) is 13.9. The number of anilines is 1. The van der Waals surface area contributed by atoms with Crippen molar-refractivity contribution in [1.29, 1.82) is 0 Å². The Morgan fingerprint density at radius 3 is 2.68 bits per heavy atom. The summed E-state index contributed by atoms with van der Waals surface area (Å²) in [6, 6.07) is 5.03. The molecular formula is C14H19FN4. The fourth-order valence-electron chi connectivity index (χ4n) is 1.72. The molecule has 0 atom stereocenters. The molecule has 0 unspecified atom stereocenters. The highest BCUT2D eigenvalue weighted by molar-refractivity contribution is 5.49. The van der Waals surface area contributed by atoms with Crippen molar-refractivity contribution < 1.29 is 4.39 Å². The summed E-state index contributed by atoms with van der Waals surface area (Å²) in [6.45, 7) is 7.38. The number of hydrogen-bond acceptors (Lipinski definition) is 3. The van der Waals surface area contributed by atoms with E-state index < -0.39 is 0 Å². The quantitative estimate of drug-likeness (QED) is 0.919. The van der Waals surface area contributed by atoms with Gasteiger partial charge < -0.3 is 5.32 Å². The van der Waals surface area contributed by atoms with Crippen molar-refractivity contribution in [3.63, 3.8) is 0 Å². The molecule has 19 heavy (non-hydrogen) atoms. The lowest BCUT2D eigenvalue weighted by molar-refractivity contribution is 0.390. The summed E-state index contributed by atoms with van der Waals surface area (Å²) in [5.74, 6) is -0.314. The van der Waals surface area contributed by atoms with Crippen LogP contribution in [0.15, 0.2) is 30.9 Å². The Morgan fingerprint density at radius 1 is 1.32 bits per heavy atom. The normalized spacial score (nSPS) is 11.6. The van der Waals surface area contributed by atoms with E-state index in [4.69, 9.17) is 0 Å². The highest BCUT2D eigenvalue weighted by atomic mass is 19.1. The van der Waals surface area contributed by atoms with E-state index in [0.717, 1.165) is 18.7 Å². The van der Waals surface area contributed by atoms with Crippen molar-refractivity contribution in [2.45, 2.75) is 27.2 Å². The van der Waals surface area contributed by atoms with Gasteiger partial charge >= 0.3 is 0 Å². The fraction of sp³-hybridized carbons (Fsp3) is 0.429. The molecule has 0 amide bonds. The predicted octanol–water partition coefficient (Wildman–Crippen LogP) is 3.25. The second kappa shape index (κ2) is 5.38. The van der Waals surface area contributed by atoms with E-state index in [9.17, 15) is 4.39 Å². The van der Waals surface area contributed by atoms with E-state index in [1.54, 1.807) is 6.07 Å². The van der Waals surface area contributed by atoms with Gasteiger partial charge in [-0.05, 0) is 30.0 Å². The molecule has 0 radical (unpaired) electrons. The first-order valence-electron chi connectivity index (χ1n) is 6.34. The maximum atomic E-state index is 13.9. The van der Waals surface area contributed by atoms with Crippen LogP contribution in [0.4, 0.5) is 10.1 Å². The van der Waals surface area contributed by atoms with Gasteiger partial charge in [0.15, 0.2) is 5.82 Å². The summed E-state index contributed by atoms with van der Waals surface area (Å²) in [6.07, 6.45) is 3.89. The molecule has 2 aromatic rings. The second-order valence-corrected chi connectivity index (χ2v) is 5.74. The van der Waals surface area contributed by atoms with E-state index >= 15 is 0 Å². The molecular weight excluding hydrogens is 243 g/mol. The largest absolute Gasteiger partial charge is 0.385 e. The molecule has 0 aliphatic rings. The maximum absolute atomic E-state index is 13.9. The number of aromatic nitrogens is 3. The second-order valence-electron chi connectivity index (χ2n) is 5.74. The SMILES string of the molecule is CC(C)(C)CCNc1ccc(-n2cncn2)c(F)c1. The van der Waals surface area contributed by atoms with Crippen molar-refractivity contribution in [1.82, 2.24) is 14.8 Å². The Kier molecular flexibility index (Phi) is 3.83. The lowest BCUT2D eigenvalue weighted by Crippen LogP contribution is -2.13. The van der Waals surface area contributed by atoms with Crippen LogP contribution >= 0.6 is 0 Å². The zero-order valence-electron chi connectivity index (χ0n) is 11.5. The summed E-state index contributed by atoms with van der Waals surface area (Å²) in [5.41, 5.74) is 1.45. The third-order valence-corrected chi connectivity index (χ3v) is 2.82. The number of nitrogens with one attached hydrogen (secondary N) is 1. The molecule has 0 aliphatic heterocycles. The molecule has 2 rings (SSSR count). The standard InChI is InChI=1S/C14H19FN4/c1-14(2,3)6-7-17-11-4-5-13(12(15)8-11)19-10-16-9-18-19/h4-5,8-10,17H,6-7H2,1-3H3. The molecule has 0 spiro atoms. The van der Waals surface area contributed by atoms with Gasteiger partial charge in [0.05, 0.1) is 0 Å². The van der Waals surface area contributed by atoms with Gasteiger partial charge in [-0.1, -0.05) is 20.8 Å². The molecule has 0 bridgehead atoms. The third kappa shape index (κ3) is 3.77. The first-order valence-corrected chi connectivity index (χ1v) is 6.34. The van der Waals surface area contributed by atoms with Gasteiger partial charge in [0, 0.05) is 12.2 Å². The van der Waals surface area contributed by atoms with E-state index in [1.165, 1.54) is 23.4 Å². The monoisotopic (exact) mass is 262 g/mol. The highest BCUT2D eigenvalue weighted by Crippen LogP contribution is 2.20. The highest BCUT2D eigenvalue weighted by Gasteiger charge is 2.10. The molecule has 5 heteroatoms. The molecule has 102 valence electrons. The minimum Gasteiger partial charge on any atom is -0.385 e. The molecule has 0 fully saturated rings. The van der Waals surface area contributed by atoms with E-state index in [1.807, 2.05) is 6.07 Å². The summed E-state index contributed by atoms with van der Waals surface area (Å²) >= 11 is 0. The smallest absolute Gasteiger partial charge is 0.150 e. The predicted molar refractivity (Wildman–Crippen MR) is 73.9 cm³/mol. The Hall–Kier alpha value is -1.91. The van der Waals surface area contributed by atoms with Crippen LogP contribution in [0, 0.1) is 11.2 Å². The molecule has 1 heterocycles. The summed E-state index contributed by atoms with van der Waals surface area (Å²) in [4.78, 5) is 3.81. The van der Waals surface area contributed by atoms with Crippen molar-refractivity contribution in [2.75, 3.05) is 11.9 Å². The maximum Gasteiger partial charge on any atom is 0.150 e. The molecule has 1 aromatic carbocycles. The average Bonchev–Trinajstić information content (AvgIpc) is 2.81. The Labute approximate surface area is 112 Å². The van der Waals surface area contributed by atoms with Crippen LogP contribution < -0.4 is 5.32 Å². The van der Waals surface area contributed by atoms with Crippen molar-refractivity contribution in [2.24, 2.45) is 5.41 Å². The lowest BCUT2D eigenvalue weighted by atomic mass is 9.92. The van der Waals surface area contributed by atoms with Crippen LogP contribution in [0.2, 0.25) is 0 Å². The number of halogens is 1. The van der Waals surface area contributed by atoms with Crippen molar-refractivity contribution in [3.05, 3.63) is 36.7 Å². The van der Waals surface area contributed by atoms with Crippen LogP contribution in [-0.2, 0) is 0 Å². The molecule has 0 aliphatic carbocycles. The van der Waals surface area contributed by atoms with Gasteiger partial charge in [-0.15, -0.1) is 0 Å². The molecule has 4 nitrogen and oxygen atoms in total. The Balaban J connectivity index is 2.03. The topological polar surface area (TPSA) is 42.7 Å². The van der Waals surface area contributed by atoms with E-state index in [-0.39, 0.29) is 11.2 Å². The van der Waals surface area contributed by atoms with Crippen LogP contribution in [0.25, 0.3) is 5.69 Å². The number of hydrogen-bond donors (Lipinski definition) is 1. The number of rotatable bonds is 4. The van der Waals surface area contributed by atoms with Crippen LogP contribution in [0.5, 0.6) is 0 Å². The Morgan fingerprint density at radius 2 is 2.11 bits per heavy atom. The summed E-state index contributed by atoms with van der Waals surface area (Å²) in [5, 5.41) is 7.15. The van der Waals surface area contributed by atoms with Crippen molar-refractivity contribution in [3.8, 4) is 5.69 Å². The van der Waals surface area contributed by atoms with E-state index in [0.29, 0.717) is 5.69 Å². The number of nitrogens with zero attached hydrogens (tertiary/aromatic N) is 3. The first kappa shape index (κ1) is 13.5. The zero-order valence-corrected chi connectivity index (χ0v) is 11.5. The minimum atomic E-state index is -0.314. The minimum absolute atomic E-state index is 0.270. The van der Waals surface area contributed by atoms with Gasteiger partial charge in [0.1, 0.15) is 18.3 Å². The van der Waals surface area contributed by atoms with Gasteiger partial charge in [-0.2, -0.15) is 5.10 Å². The van der Waals surface area contributed by atoms with Crippen molar-refractivity contribution >= 4 is 5.69 Å². The first-order chi connectivity index (χ1) is 8.96. The summed E-state index contributed by atoms with van der Waals surface area (Å²) < 4.78 is 15.4. The van der Waals surface area contributed by atoms with Crippen LogP contribution in [0.1, 0.15) is 27.2 Å². The average molecular weight is 262 g/mol. The molecule has 1 N–H and O–H groups in total. The van der Waals surface area contributed by atoms with Gasteiger partial charge in [0.25, 0.3) is 0 Å². The van der Waals surface area contributed by atoms with Gasteiger partial charge in [0.2, 0.25) is 0 Å². The number of benzene rings is 1. The van der Waals surface area contributed by atoms with Crippen LogP contribution in [-0.4, -0.2) is 21.3 Å².